The van der Waals surface area contributed by atoms with Gasteiger partial charge in [-0.3, -0.25) is 9.48 Å². The Morgan fingerprint density at radius 2 is 2.37 bits per heavy atom. The van der Waals surface area contributed by atoms with Crippen molar-refractivity contribution >= 4 is 5.91 Å². The maximum Gasteiger partial charge on any atom is 0.223 e. The van der Waals surface area contributed by atoms with E-state index in [2.05, 4.69) is 5.10 Å². The topological polar surface area (TPSA) is 73.4 Å². The van der Waals surface area contributed by atoms with E-state index in [1.807, 2.05) is 28.9 Å². The van der Waals surface area contributed by atoms with Crippen LogP contribution < -0.4 is 5.73 Å². The Balaban J connectivity index is 2.22. The monoisotopic (exact) mass is 266 g/mol. The van der Waals surface area contributed by atoms with Gasteiger partial charge in [0, 0.05) is 44.4 Å². The lowest BCUT2D eigenvalue weighted by Gasteiger charge is -2.39. The molecule has 0 saturated carbocycles. The van der Waals surface area contributed by atoms with Crippen molar-refractivity contribution in [3.63, 3.8) is 0 Å². The number of aryl methyl sites for hydroxylation is 1. The number of rotatable bonds is 5. The van der Waals surface area contributed by atoms with Crippen LogP contribution in [0.15, 0.2) is 12.4 Å². The standard InChI is InChI=1S/C13H22N4O2/c1-3-16-9-10(8-15-16)13-11(14)4-5-12(18)17(13)6-7-19-2/h8-9,11,13H,3-7,14H2,1-2H3. The van der Waals surface area contributed by atoms with Gasteiger partial charge in [0.05, 0.1) is 18.8 Å². The quantitative estimate of drug-likeness (QED) is 0.844. The number of nitrogens with two attached hydrogens (primary N) is 1. The van der Waals surface area contributed by atoms with Gasteiger partial charge in [0.1, 0.15) is 0 Å². The highest BCUT2D eigenvalue weighted by Gasteiger charge is 2.35. The third-order valence-electron chi connectivity index (χ3n) is 3.61. The normalized spacial score (nSPS) is 23.9. The van der Waals surface area contributed by atoms with Crippen molar-refractivity contribution in [2.45, 2.75) is 38.4 Å². The number of hydrogen-bond acceptors (Lipinski definition) is 4. The molecule has 2 N–H and O–H groups in total. The molecule has 2 rings (SSSR count). The summed E-state index contributed by atoms with van der Waals surface area (Å²) in [5.74, 6) is 0.146. The average Bonchev–Trinajstić information content (AvgIpc) is 2.88. The molecule has 2 unspecified atom stereocenters. The van der Waals surface area contributed by atoms with Crippen molar-refractivity contribution in [1.82, 2.24) is 14.7 Å². The number of carbonyl (C=O) groups is 1. The molecule has 2 atom stereocenters. The van der Waals surface area contributed by atoms with Gasteiger partial charge < -0.3 is 15.4 Å². The van der Waals surface area contributed by atoms with Crippen LogP contribution in [0.2, 0.25) is 0 Å². The molecule has 1 aromatic rings. The number of ether oxygens (including phenoxy) is 1. The molecular formula is C13H22N4O2. The van der Waals surface area contributed by atoms with E-state index in [0.717, 1.165) is 18.5 Å². The molecule has 1 saturated heterocycles. The van der Waals surface area contributed by atoms with Crippen LogP contribution in [0.5, 0.6) is 0 Å². The number of piperidine rings is 1. The number of methoxy groups -OCH3 is 1. The summed E-state index contributed by atoms with van der Waals surface area (Å²) >= 11 is 0. The molecule has 106 valence electrons. The van der Waals surface area contributed by atoms with E-state index in [1.54, 1.807) is 7.11 Å². The van der Waals surface area contributed by atoms with Crippen LogP contribution in [0.4, 0.5) is 0 Å². The molecule has 0 aliphatic carbocycles. The zero-order chi connectivity index (χ0) is 13.8. The van der Waals surface area contributed by atoms with Crippen LogP contribution in [0, 0.1) is 0 Å². The fourth-order valence-electron chi connectivity index (χ4n) is 2.56. The summed E-state index contributed by atoms with van der Waals surface area (Å²) in [5, 5.41) is 4.28. The molecule has 1 aliphatic heterocycles. The molecule has 0 aromatic carbocycles. The second kappa shape index (κ2) is 6.16. The molecule has 6 heteroatoms. The average molecular weight is 266 g/mol. The van der Waals surface area contributed by atoms with Crippen molar-refractivity contribution in [2.75, 3.05) is 20.3 Å². The predicted molar refractivity (Wildman–Crippen MR) is 71.4 cm³/mol. The van der Waals surface area contributed by atoms with E-state index in [-0.39, 0.29) is 18.0 Å². The van der Waals surface area contributed by atoms with Crippen molar-refractivity contribution in [1.29, 1.82) is 0 Å². The summed E-state index contributed by atoms with van der Waals surface area (Å²) in [4.78, 5) is 13.9. The second-order valence-electron chi connectivity index (χ2n) is 4.86. The molecule has 1 aliphatic rings. The summed E-state index contributed by atoms with van der Waals surface area (Å²) in [6.45, 7) is 3.95. The second-order valence-corrected chi connectivity index (χ2v) is 4.86. The molecule has 0 spiro atoms. The van der Waals surface area contributed by atoms with E-state index >= 15 is 0 Å². The lowest BCUT2D eigenvalue weighted by atomic mass is 9.92. The smallest absolute Gasteiger partial charge is 0.223 e. The van der Waals surface area contributed by atoms with Crippen LogP contribution in [0.1, 0.15) is 31.4 Å². The first-order valence-corrected chi connectivity index (χ1v) is 6.73. The molecule has 0 bridgehead atoms. The first-order valence-electron chi connectivity index (χ1n) is 6.73. The summed E-state index contributed by atoms with van der Waals surface area (Å²) in [6, 6.07) is -0.124. The van der Waals surface area contributed by atoms with Crippen LogP contribution in [-0.4, -0.2) is 46.9 Å². The number of nitrogens with zero attached hydrogens (tertiary/aromatic N) is 3. The van der Waals surface area contributed by atoms with Crippen LogP contribution in [0.3, 0.4) is 0 Å². The highest BCUT2D eigenvalue weighted by molar-refractivity contribution is 5.77. The number of amides is 1. The maximum atomic E-state index is 12.1. The fraction of sp³-hybridized carbons (Fsp3) is 0.692. The van der Waals surface area contributed by atoms with E-state index in [9.17, 15) is 4.79 Å². The van der Waals surface area contributed by atoms with E-state index in [0.29, 0.717) is 19.6 Å². The lowest BCUT2D eigenvalue weighted by molar-refractivity contribution is -0.138. The van der Waals surface area contributed by atoms with E-state index in [1.165, 1.54) is 0 Å². The molecule has 6 nitrogen and oxygen atoms in total. The van der Waals surface area contributed by atoms with Crippen molar-refractivity contribution < 1.29 is 9.53 Å². The van der Waals surface area contributed by atoms with Gasteiger partial charge in [-0.05, 0) is 13.3 Å². The van der Waals surface area contributed by atoms with Crippen LogP contribution in [-0.2, 0) is 16.1 Å². The first-order chi connectivity index (χ1) is 9.17. The largest absolute Gasteiger partial charge is 0.383 e. The SMILES string of the molecule is CCn1cc(C2C(N)CCC(=O)N2CCOC)cn1. The van der Waals surface area contributed by atoms with Gasteiger partial charge in [-0.15, -0.1) is 0 Å². The van der Waals surface area contributed by atoms with Gasteiger partial charge in [-0.2, -0.15) is 5.10 Å². The fourth-order valence-corrected chi connectivity index (χ4v) is 2.56. The van der Waals surface area contributed by atoms with Gasteiger partial charge in [0.15, 0.2) is 0 Å². The number of carbonyl (C=O) groups excluding carboxylic acids is 1. The highest BCUT2D eigenvalue weighted by atomic mass is 16.5. The Morgan fingerprint density at radius 3 is 3.00 bits per heavy atom. The summed E-state index contributed by atoms with van der Waals surface area (Å²) in [6.07, 6.45) is 5.03. The maximum absolute atomic E-state index is 12.1. The zero-order valence-electron chi connectivity index (χ0n) is 11.6. The molecule has 1 fully saturated rings. The van der Waals surface area contributed by atoms with E-state index < -0.39 is 0 Å². The zero-order valence-corrected chi connectivity index (χ0v) is 11.6. The van der Waals surface area contributed by atoms with Gasteiger partial charge in [0.2, 0.25) is 5.91 Å². The van der Waals surface area contributed by atoms with Gasteiger partial charge in [-0.25, -0.2) is 0 Å². The van der Waals surface area contributed by atoms with Crippen molar-refractivity contribution in [3.8, 4) is 0 Å². The summed E-state index contributed by atoms with van der Waals surface area (Å²) < 4.78 is 6.94. The Hall–Kier alpha value is -1.40. The van der Waals surface area contributed by atoms with Gasteiger partial charge in [0.25, 0.3) is 0 Å². The lowest BCUT2D eigenvalue weighted by Crippen LogP contribution is -2.49. The van der Waals surface area contributed by atoms with Crippen LogP contribution in [0.25, 0.3) is 0 Å². The molecule has 1 amide bonds. The number of aromatic nitrogens is 2. The minimum absolute atomic E-state index is 0.0379. The van der Waals surface area contributed by atoms with Crippen LogP contribution >= 0.6 is 0 Å². The molecule has 19 heavy (non-hydrogen) atoms. The molecular weight excluding hydrogens is 244 g/mol. The number of likely N-dealkylation sites (tertiary alicyclic amines) is 1. The third kappa shape index (κ3) is 2.96. The Labute approximate surface area is 113 Å². The van der Waals surface area contributed by atoms with Gasteiger partial charge >= 0.3 is 0 Å². The Bertz CT molecular complexity index is 432. The molecule has 1 aromatic heterocycles. The molecule has 2 heterocycles. The number of hydrogen-bond donors (Lipinski definition) is 1. The predicted octanol–water partition coefficient (Wildman–Crippen LogP) is 0.540. The summed E-state index contributed by atoms with van der Waals surface area (Å²) in [7, 11) is 1.64. The van der Waals surface area contributed by atoms with Gasteiger partial charge in [-0.1, -0.05) is 0 Å². The Kier molecular flexibility index (Phi) is 4.55. The van der Waals surface area contributed by atoms with Crippen molar-refractivity contribution in [2.24, 2.45) is 5.73 Å². The van der Waals surface area contributed by atoms with Crippen molar-refractivity contribution in [3.05, 3.63) is 18.0 Å². The molecule has 0 radical (unpaired) electrons. The van der Waals surface area contributed by atoms with E-state index in [4.69, 9.17) is 10.5 Å². The summed E-state index contributed by atoms with van der Waals surface area (Å²) in [5.41, 5.74) is 7.23. The first kappa shape index (κ1) is 14.0. The third-order valence-corrected chi connectivity index (χ3v) is 3.61. The Morgan fingerprint density at radius 1 is 1.58 bits per heavy atom. The minimum atomic E-state index is -0.0864. The minimum Gasteiger partial charge on any atom is -0.383 e. The highest BCUT2D eigenvalue weighted by Crippen LogP contribution is 2.30.